The smallest absolute Gasteiger partial charge is 0.248 e. The van der Waals surface area contributed by atoms with E-state index in [4.69, 9.17) is 16.2 Å². The van der Waals surface area contributed by atoms with E-state index >= 15 is 0 Å². The van der Waals surface area contributed by atoms with Crippen molar-refractivity contribution in [2.24, 2.45) is 5.73 Å². The van der Waals surface area contributed by atoms with Gasteiger partial charge in [-0.15, -0.1) is 0 Å². The zero-order valence-corrected chi connectivity index (χ0v) is 10.9. The molecule has 4 heteroatoms. The lowest BCUT2D eigenvalue weighted by molar-refractivity contribution is 0.1000. The van der Waals surface area contributed by atoms with Crippen LogP contribution < -0.4 is 16.2 Å². The zero-order chi connectivity index (χ0) is 14.0. The van der Waals surface area contributed by atoms with Gasteiger partial charge in [0.2, 0.25) is 5.91 Å². The zero-order valence-electron chi connectivity index (χ0n) is 10.9. The van der Waals surface area contributed by atoms with Crippen LogP contribution in [0.25, 0.3) is 0 Å². The van der Waals surface area contributed by atoms with Gasteiger partial charge in [-0.05, 0) is 61.4 Å². The van der Waals surface area contributed by atoms with Gasteiger partial charge < -0.3 is 16.2 Å². The molecule has 0 aromatic heterocycles. The number of aryl methyl sites for hydroxylation is 2. The van der Waals surface area contributed by atoms with Crippen molar-refractivity contribution in [1.82, 2.24) is 0 Å². The van der Waals surface area contributed by atoms with Crippen molar-refractivity contribution in [1.29, 1.82) is 0 Å². The van der Waals surface area contributed by atoms with Gasteiger partial charge in [-0.2, -0.15) is 0 Å². The number of hydrogen-bond acceptors (Lipinski definition) is 3. The van der Waals surface area contributed by atoms with E-state index < -0.39 is 5.91 Å². The average molecular weight is 256 g/mol. The average Bonchev–Trinajstić information content (AvgIpc) is 2.35. The summed E-state index contributed by atoms with van der Waals surface area (Å²) in [6, 6.07) is 10.6. The van der Waals surface area contributed by atoms with E-state index in [0.717, 1.165) is 16.9 Å². The van der Waals surface area contributed by atoms with Gasteiger partial charge in [0.15, 0.2) is 0 Å². The molecule has 0 radical (unpaired) electrons. The van der Waals surface area contributed by atoms with Gasteiger partial charge in [-0.25, -0.2) is 0 Å². The summed E-state index contributed by atoms with van der Waals surface area (Å²) >= 11 is 0. The summed E-state index contributed by atoms with van der Waals surface area (Å²) in [6.07, 6.45) is 0. The Bertz CT molecular complexity index is 596. The first-order valence-electron chi connectivity index (χ1n) is 5.92. The van der Waals surface area contributed by atoms with Crippen molar-refractivity contribution < 1.29 is 9.53 Å². The van der Waals surface area contributed by atoms with Crippen LogP contribution in [-0.4, -0.2) is 5.91 Å². The fourth-order valence-corrected chi connectivity index (χ4v) is 1.91. The molecule has 19 heavy (non-hydrogen) atoms. The molecule has 0 aliphatic heterocycles. The Morgan fingerprint density at radius 1 is 1.05 bits per heavy atom. The van der Waals surface area contributed by atoms with Crippen LogP contribution in [0, 0.1) is 13.8 Å². The van der Waals surface area contributed by atoms with Crippen LogP contribution in [0.5, 0.6) is 11.5 Å². The maximum atomic E-state index is 11.2. The predicted octanol–water partition coefficient (Wildman–Crippen LogP) is 2.78. The Kier molecular flexibility index (Phi) is 3.42. The number of nitrogens with two attached hydrogens (primary N) is 2. The SMILES string of the molecule is Cc1cc(C(N)=O)cc(C)c1Oc1ccc(N)cc1. The number of ether oxygens (including phenoxy) is 1. The van der Waals surface area contributed by atoms with Gasteiger partial charge in [-0.3, -0.25) is 4.79 Å². The molecule has 0 aliphatic rings. The van der Waals surface area contributed by atoms with Crippen LogP contribution in [0.4, 0.5) is 5.69 Å². The Morgan fingerprint density at radius 3 is 2.05 bits per heavy atom. The van der Waals surface area contributed by atoms with E-state index in [9.17, 15) is 4.79 Å². The van der Waals surface area contributed by atoms with Crippen molar-refractivity contribution in [3.05, 3.63) is 53.1 Å². The Hall–Kier alpha value is -2.49. The van der Waals surface area contributed by atoms with Gasteiger partial charge in [0.05, 0.1) is 0 Å². The lowest BCUT2D eigenvalue weighted by Gasteiger charge is -2.13. The number of hydrogen-bond donors (Lipinski definition) is 2. The number of benzene rings is 2. The third-order valence-electron chi connectivity index (χ3n) is 2.84. The highest BCUT2D eigenvalue weighted by molar-refractivity contribution is 5.93. The summed E-state index contributed by atoms with van der Waals surface area (Å²) in [6.45, 7) is 3.76. The molecule has 0 bridgehead atoms. The molecule has 0 atom stereocenters. The highest BCUT2D eigenvalue weighted by Crippen LogP contribution is 2.30. The Labute approximate surface area is 112 Å². The summed E-state index contributed by atoms with van der Waals surface area (Å²) in [5, 5.41) is 0. The highest BCUT2D eigenvalue weighted by Gasteiger charge is 2.10. The van der Waals surface area contributed by atoms with Crippen LogP contribution in [0.3, 0.4) is 0 Å². The molecule has 0 saturated carbocycles. The maximum Gasteiger partial charge on any atom is 0.248 e. The predicted molar refractivity (Wildman–Crippen MR) is 75.4 cm³/mol. The van der Waals surface area contributed by atoms with Crippen molar-refractivity contribution in [3.63, 3.8) is 0 Å². The maximum absolute atomic E-state index is 11.2. The van der Waals surface area contributed by atoms with Crippen molar-refractivity contribution in [2.75, 3.05) is 5.73 Å². The molecule has 0 spiro atoms. The number of carbonyl (C=O) groups is 1. The molecular weight excluding hydrogens is 240 g/mol. The summed E-state index contributed by atoms with van der Waals surface area (Å²) in [5.74, 6) is 0.993. The van der Waals surface area contributed by atoms with Crippen LogP contribution in [0.2, 0.25) is 0 Å². The summed E-state index contributed by atoms with van der Waals surface area (Å²) in [4.78, 5) is 11.2. The molecular formula is C15H16N2O2. The molecule has 2 aromatic carbocycles. The molecule has 1 amide bonds. The second kappa shape index (κ2) is 5.02. The van der Waals surface area contributed by atoms with Gasteiger partial charge >= 0.3 is 0 Å². The molecule has 0 aliphatic carbocycles. The van der Waals surface area contributed by atoms with Crippen LogP contribution >= 0.6 is 0 Å². The van der Waals surface area contributed by atoms with E-state index in [0.29, 0.717) is 17.0 Å². The lowest BCUT2D eigenvalue weighted by Crippen LogP contribution is -2.11. The third kappa shape index (κ3) is 2.85. The monoisotopic (exact) mass is 256 g/mol. The minimum atomic E-state index is -0.440. The second-order valence-electron chi connectivity index (χ2n) is 4.47. The molecule has 2 rings (SSSR count). The number of rotatable bonds is 3. The number of primary amides is 1. The fourth-order valence-electron chi connectivity index (χ4n) is 1.91. The second-order valence-corrected chi connectivity index (χ2v) is 4.47. The van der Waals surface area contributed by atoms with E-state index in [-0.39, 0.29) is 0 Å². The van der Waals surface area contributed by atoms with Crippen molar-refractivity contribution in [3.8, 4) is 11.5 Å². The molecule has 0 fully saturated rings. The summed E-state index contributed by atoms with van der Waals surface area (Å²) in [7, 11) is 0. The van der Waals surface area contributed by atoms with Gasteiger partial charge in [0, 0.05) is 11.3 Å². The molecule has 2 aromatic rings. The first kappa shape index (κ1) is 13.0. The topological polar surface area (TPSA) is 78.3 Å². The first-order chi connectivity index (χ1) is 8.97. The quantitative estimate of drug-likeness (QED) is 0.829. The normalized spacial score (nSPS) is 10.2. The minimum Gasteiger partial charge on any atom is -0.457 e. The third-order valence-corrected chi connectivity index (χ3v) is 2.84. The summed E-state index contributed by atoms with van der Waals surface area (Å²) < 4.78 is 5.82. The Balaban J connectivity index is 2.35. The van der Waals surface area contributed by atoms with Gasteiger partial charge in [0.1, 0.15) is 11.5 Å². The van der Waals surface area contributed by atoms with Crippen LogP contribution in [-0.2, 0) is 0 Å². The molecule has 0 saturated heterocycles. The Morgan fingerprint density at radius 2 is 1.58 bits per heavy atom. The minimum absolute atomic E-state index is 0.440. The number of carbonyl (C=O) groups excluding carboxylic acids is 1. The molecule has 0 unspecified atom stereocenters. The fraction of sp³-hybridized carbons (Fsp3) is 0.133. The van der Waals surface area contributed by atoms with E-state index in [1.165, 1.54) is 0 Å². The molecule has 4 N–H and O–H groups in total. The number of amides is 1. The van der Waals surface area contributed by atoms with Crippen molar-refractivity contribution in [2.45, 2.75) is 13.8 Å². The summed E-state index contributed by atoms with van der Waals surface area (Å²) in [5.41, 5.74) is 13.8. The molecule has 98 valence electrons. The molecule has 4 nitrogen and oxygen atoms in total. The van der Waals surface area contributed by atoms with E-state index in [1.54, 1.807) is 36.4 Å². The standard InChI is InChI=1S/C15H16N2O2/c1-9-7-11(15(17)18)8-10(2)14(9)19-13-5-3-12(16)4-6-13/h3-8H,16H2,1-2H3,(H2,17,18). The first-order valence-corrected chi connectivity index (χ1v) is 5.92. The van der Waals surface area contributed by atoms with Crippen LogP contribution in [0.15, 0.2) is 36.4 Å². The number of nitrogen functional groups attached to an aromatic ring is 1. The van der Waals surface area contributed by atoms with Crippen LogP contribution in [0.1, 0.15) is 21.5 Å². The van der Waals surface area contributed by atoms with E-state index in [1.807, 2.05) is 13.8 Å². The highest BCUT2D eigenvalue weighted by atomic mass is 16.5. The lowest BCUT2D eigenvalue weighted by atomic mass is 10.1. The van der Waals surface area contributed by atoms with E-state index in [2.05, 4.69) is 0 Å². The van der Waals surface area contributed by atoms with Gasteiger partial charge in [0.25, 0.3) is 0 Å². The van der Waals surface area contributed by atoms with Gasteiger partial charge in [-0.1, -0.05) is 0 Å². The largest absolute Gasteiger partial charge is 0.457 e. The number of anilines is 1. The molecule has 0 heterocycles. The van der Waals surface area contributed by atoms with Crippen molar-refractivity contribution >= 4 is 11.6 Å².